The minimum absolute atomic E-state index is 0.0207. The van der Waals surface area contributed by atoms with Crippen LogP contribution < -0.4 is 0 Å². The van der Waals surface area contributed by atoms with E-state index in [9.17, 15) is 13.2 Å². The molecule has 2 heterocycles. The van der Waals surface area contributed by atoms with E-state index in [0.29, 0.717) is 31.1 Å². The highest BCUT2D eigenvalue weighted by Gasteiger charge is 2.48. The Kier molecular flexibility index (Phi) is 4.33. The molecular formula is C15H20N2O4S2. The summed E-state index contributed by atoms with van der Waals surface area (Å²) < 4.78 is 26.9. The van der Waals surface area contributed by atoms with Gasteiger partial charge >= 0.3 is 6.09 Å². The Morgan fingerprint density at radius 3 is 2.22 bits per heavy atom. The molecule has 0 unspecified atom stereocenters. The van der Waals surface area contributed by atoms with Gasteiger partial charge in [0.25, 0.3) is 0 Å². The number of likely N-dealkylation sites (tertiary alicyclic amines) is 1. The minimum Gasteiger partial charge on any atom is -0.465 e. The number of hydrogen-bond donors (Lipinski definition) is 1. The monoisotopic (exact) mass is 356 g/mol. The second-order valence-electron chi connectivity index (χ2n) is 6.22. The van der Waals surface area contributed by atoms with Crippen LogP contribution in [0.15, 0.2) is 34.1 Å². The third-order valence-electron chi connectivity index (χ3n) is 4.80. The Hall–Kier alpha value is -1.25. The molecular weight excluding hydrogens is 336 g/mol. The standard InChI is InChI=1S/C15H20N2O4S2/c1-22-12-2-4-13(5-3-12)23(20,21)17-8-6-15(7-9-17)10-16(11-15)14(18)19/h2-5H,6-11H2,1H3,(H,18,19). The molecule has 0 atom stereocenters. The lowest BCUT2D eigenvalue weighted by atomic mass is 9.72. The van der Waals surface area contributed by atoms with Crippen molar-refractivity contribution >= 4 is 27.9 Å². The van der Waals surface area contributed by atoms with Crippen LogP contribution in [-0.2, 0) is 10.0 Å². The number of nitrogens with zero attached hydrogens (tertiary/aromatic N) is 2. The summed E-state index contributed by atoms with van der Waals surface area (Å²) >= 11 is 1.58. The van der Waals surface area contributed by atoms with Crippen molar-refractivity contribution in [2.45, 2.75) is 22.6 Å². The van der Waals surface area contributed by atoms with E-state index in [1.54, 1.807) is 23.9 Å². The van der Waals surface area contributed by atoms with Crippen molar-refractivity contribution < 1.29 is 18.3 Å². The molecule has 0 aliphatic carbocycles. The van der Waals surface area contributed by atoms with Crippen molar-refractivity contribution in [3.8, 4) is 0 Å². The molecule has 2 aliphatic rings. The van der Waals surface area contributed by atoms with Gasteiger partial charge in [-0.2, -0.15) is 4.31 Å². The fourth-order valence-corrected chi connectivity index (χ4v) is 5.16. The van der Waals surface area contributed by atoms with E-state index >= 15 is 0 Å². The van der Waals surface area contributed by atoms with Gasteiger partial charge in [-0.3, -0.25) is 0 Å². The van der Waals surface area contributed by atoms with Crippen LogP contribution in [0.25, 0.3) is 0 Å². The number of sulfonamides is 1. The first-order valence-electron chi connectivity index (χ1n) is 7.48. The summed E-state index contributed by atoms with van der Waals surface area (Å²) in [6.07, 6.45) is 2.50. The molecule has 1 N–H and O–H groups in total. The average molecular weight is 356 g/mol. The SMILES string of the molecule is CSc1ccc(S(=O)(=O)N2CCC3(CC2)CN(C(=O)O)C3)cc1. The molecule has 1 aromatic rings. The summed E-state index contributed by atoms with van der Waals surface area (Å²) in [5.41, 5.74) is -0.0207. The maximum Gasteiger partial charge on any atom is 0.407 e. The lowest BCUT2D eigenvalue weighted by Gasteiger charge is -2.52. The van der Waals surface area contributed by atoms with Gasteiger partial charge in [-0.05, 0) is 43.4 Å². The molecule has 3 rings (SSSR count). The molecule has 1 aromatic carbocycles. The van der Waals surface area contributed by atoms with Crippen LogP contribution in [0, 0.1) is 5.41 Å². The van der Waals surface area contributed by atoms with Gasteiger partial charge in [0, 0.05) is 36.5 Å². The molecule has 6 nitrogen and oxygen atoms in total. The van der Waals surface area contributed by atoms with Crippen molar-refractivity contribution in [2.24, 2.45) is 5.41 Å². The van der Waals surface area contributed by atoms with Crippen LogP contribution in [0.3, 0.4) is 0 Å². The molecule has 2 fully saturated rings. The average Bonchev–Trinajstić information content (AvgIpc) is 2.52. The van der Waals surface area contributed by atoms with E-state index in [1.807, 2.05) is 18.4 Å². The zero-order valence-electron chi connectivity index (χ0n) is 12.9. The summed E-state index contributed by atoms with van der Waals surface area (Å²) in [4.78, 5) is 13.6. The molecule has 2 aliphatic heterocycles. The molecule has 1 spiro atoms. The summed E-state index contributed by atoms with van der Waals surface area (Å²) in [5, 5.41) is 8.94. The summed E-state index contributed by atoms with van der Waals surface area (Å²) in [6.45, 7) is 1.97. The van der Waals surface area contributed by atoms with E-state index in [2.05, 4.69) is 0 Å². The quantitative estimate of drug-likeness (QED) is 0.840. The molecule has 0 radical (unpaired) electrons. The molecule has 0 saturated carbocycles. The highest BCUT2D eigenvalue weighted by molar-refractivity contribution is 7.98. The number of hydrogen-bond acceptors (Lipinski definition) is 4. The van der Waals surface area contributed by atoms with Crippen molar-refractivity contribution in [3.63, 3.8) is 0 Å². The highest BCUT2D eigenvalue weighted by Crippen LogP contribution is 2.41. The summed E-state index contributed by atoms with van der Waals surface area (Å²) in [6, 6.07) is 6.95. The van der Waals surface area contributed by atoms with Gasteiger partial charge in [0.1, 0.15) is 0 Å². The van der Waals surface area contributed by atoms with Gasteiger partial charge in [0.05, 0.1) is 4.90 Å². The molecule has 126 valence electrons. The third kappa shape index (κ3) is 3.07. The normalized spacial score (nSPS) is 21.2. The first kappa shape index (κ1) is 16.6. The van der Waals surface area contributed by atoms with Crippen LogP contribution >= 0.6 is 11.8 Å². The van der Waals surface area contributed by atoms with Crippen LogP contribution in [0.1, 0.15) is 12.8 Å². The van der Waals surface area contributed by atoms with Gasteiger partial charge in [-0.15, -0.1) is 11.8 Å². The molecule has 1 amide bonds. The Balaban J connectivity index is 1.66. The van der Waals surface area contributed by atoms with Crippen LogP contribution in [-0.4, -0.2) is 61.3 Å². The second-order valence-corrected chi connectivity index (χ2v) is 9.04. The predicted octanol–water partition coefficient (Wildman–Crippen LogP) is 2.17. The first-order valence-corrected chi connectivity index (χ1v) is 10.1. The van der Waals surface area contributed by atoms with Crippen LogP contribution in [0.2, 0.25) is 0 Å². The van der Waals surface area contributed by atoms with E-state index in [0.717, 1.165) is 17.7 Å². The second kappa shape index (κ2) is 5.99. The Morgan fingerprint density at radius 2 is 1.74 bits per heavy atom. The zero-order valence-corrected chi connectivity index (χ0v) is 14.6. The number of thioether (sulfide) groups is 1. The first-order chi connectivity index (χ1) is 10.9. The minimum atomic E-state index is -3.46. The number of rotatable bonds is 3. The summed E-state index contributed by atoms with van der Waals surface area (Å²) in [5.74, 6) is 0. The Bertz CT molecular complexity index is 687. The van der Waals surface area contributed by atoms with Gasteiger partial charge in [0.2, 0.25) is 10.0 Å². The van der Waals surface area contributed by atoms with Gasteiger partial charge in [-0.25, -0.2) is 13.2 Å². The molecule has 0 bridgehead atoms. The van der Waals surface area contributed by atoms with E-state index in [1.165, 1.54) is 9.21 Å². The largest absolute Gasteiger partial charge is 0.465 e. The number of carbonyl (C=O) groups is 1. The van der Waals surface area contributed by atoms with Crippen LogP contribution in [0.5, 0.6) is 0 Å². The van der Waals surface area contributed by atoms with Gasteiger partial charge in [0.15, 0.2) is 0 Å². The van der Waals surface area contributed by atoms with E-state index in [4.69, 9.17) is 5.11 Å². The van der Waals surface area contributed by atoms with Crippen molar-refractivity contribution in [3.05, 3.63) is 24.3 Å². The zero-order chi connectivity index (χ0) is 16.7. The number of amides is 1. The Labute approximate surface area is 140 Å². The van der Waals surface area contributed by atoms with E-state index in [-0.39, 0.29) is 5.41 Å². The topological polar surface area (TPSA) is 77.9 Å². The van der Waals surface area contributed by atoms with Crippen LogP contribution in [0.4, 0.5) is 4.79 Å². The smallest absolute Gasteiger partial charge is 0.407 e. The lowest BCUT2D eigenvalue weighted by Crippen LogP contribution is -2.61. The molecule has 23 heavy (non-hydrogen) atoms. The number of carboxylic acid groups (broad SMARTS) is 1. The number of piperidine rings is 1. The molecule has 0 aromatic heterocycles. The fraction of sp³-hybridized carbons (Fsp3) is 0.533. The maximum absolute atomic E-state index is 12.7. The Morgan fingerprint density at radius 1 is 1.17 bits per heavy atom. The van der Waals surface area contributed by atoms with Crippen molar-refractivity contribution in [1.82, 2.24) is 9.21 Å². The van der Waals surface area contributed by atoms with E-state index < -0.39 is 16.1 Å². The highest BCUT2D eigenvalue weighted by atomic mass is 32.2. The third-order valence-corrected chi connectivity index (χ3v) is 7.46. The van der Waals surface area contributed by atoms with Gasteiger partial charge in [-0.1, -0.05) is 0 Å². The maximum atomic E-state index is 12.7. The molecule has 2 saturated heterocycles. The summed E-state index contributed by atoms with van der Waals surface area (Å²) in [7, 11) is -3.46. The van der Waals surface area contributed by atoms with Crippen molar-refractivity contribution in [2.75, 3.05) is 32.4 Å². The fourth-order valence-electron chi connectivity index (χ4n) is 3.31. The van der Waals surface area contributed by atoms with Gasteiger partial charge < -0.3 is 10.0 Å². The molecule has 8 heteroatoms. The lowest BCUT2D eigenvalue weighted by molar-refractivity contribution is -0.0216. The number of benzene rings is 1. The predicted molar refractivity (Wildman–Crippen MR) is 88.2 cm³/mol. The van der Waals surface area contributed by atoms with Crippen molar-refractivity contribution in [1.29, 1.82) is 0 Å².